The molecule has 166 valence electrons. The molecule has 2 heterocycles. The monoisotopic (exact) mass is 434 g/mol. The van der Waals surface area contributed by atoms with E-state index in [0.717, 1.165) is 68.1 Å². The van der Waals surface area contributed by atoms with Crippen LogP contribution in [0.1, 0.15) is 33.7 Å². The summed E-state index contributed by atoms with van der Waals surface area (Å²) in [5.74, 6) is -0.366. The second-order valence-electron chi connectivity index (χ2n) is 8.44. The van der Waals surface area contributed by atoms with Crippen LogP contribution in [0.2, 0.25) is 0 Å². The van der Waals surface area contributed by atoms with Crippen LogP contribution in [0.5, 0.6) is 0 Å². The van der Waals surface area contributed by atoms with E-state index >= 15 is 0 Å². The Labute approximate surface area is 187 Å². The SMILES string of the molecule is CN(Cc1ccc(N2CCOCC2)cc1)C(=O)c1nn(-c2ccc(F)cc2)c2c1CCC2. The van der Waals surface area contributed by atoms with E-state index in [1.165, 1.54) is 17.8 Å². The van der Waals surface area contributed by atoms with Crippen LogP contribution in [0.3, 0.4) is 0 Å². The first-order valence-electron chi connectivity index (χ1n) is 11.1. The maximum absolute atomic E-state index is 13.4. The number of carbonyl (C=O) groups is 1. The molecule has 0 atom stereocenters. The summed E-state index contributed by atoms with van der Waals surface area (Å²) in [4.78, 5) is 17.3. The van der Waals surface area contributed by atoms with Gasteiger partial charge in [-0.1, -0.05) is 12.1 Å². The van der Waals surface area contributed by atoms with E-state index in [4.69, 9.17) is 4.74 Å². The number of amides is 1. The number of ether oxygens (including phenoxy) is 1. The molecule has 2 aliphatic rings. The molecule has 1 aliphatic carbocycles. The third-order valence-electron chi connectivity index (χ3n) is 6.28. The molecule has 0 N–H and O–H groups in total. The Balaban J connectivity index is 1.33. The average molecular weight is 435 g/mol. The largest absolute Gasteiger partial charge is 0.378 e. The third kappa shape index (κ3) is 4.00. The molecule has 0 radical (unpaired) electrons. The van der Waals surface area contributed by atoms with Gasteiger partial charge in [0.15, 0.2) is 5.69 Å². The Kier molecular flexibility index (Phi) is 5.66. The number of hydrogen-bond donors (Lipinski definition) is 0. The number of morpholine rings is 1. The maximum Gasteiger partial charge on any atom is 0.274 e. The fourth-order valence-electron chi connectivity index (χ4n) is 4.57. The van der Waals surface area contributed by atoms with E-state index < -0.39 is 0 Å². The van der Waals surface area contributed by atoms with Gasteiger partial charge in [-0.3, -0.25) is 4.79 Å². The molecule has 2 aromatic carbocycles. The number of nitrogens with zero attached hydrogens (tertiary/aromatic N) is 4. The van der Waals surface area contributed by atoms with Gasteiger partial charge in [0.25, 0.3) is 5.91 Å². The molecule has 5 rings (SSSR count). The van der Waals surface area contributed by atoms with E-state index in [9.17, 15) is 9.18 Å². The van der Waals surface area contributed by atoms with Gasteiger partial charge in [0.05, 0.1) is 18.9 Å². The second kappa shape index (κ2) is 8.74. The van der Waals surface area contributed by atoms with Crippen LogP contribution in [0.15, 0.2) is 48.5 Å². The lowest BCUT2D eigenvalue weighted by atomic mass is 10.1. The molecule has 1 saturated heterocycles. The van der Waals surface area contributed by atoms with Gasteiger partial charge in [-0.25, -0.2) is 9.07 Å². The molecular weight excluding hydrogens is 407 g/mol. The number of aromatic nitrogens is 2. The standard InChI is InChI=1S/C25H27FN4O2/c1-28(17-18-5-9-20(10-6-18)29-13-15-32-16-14-29)25(31)24-22-3-2-4-23(22)30(27-24)21-11-7-19(26)8-12-21/h5-12H,2-4,13-17H2,1H3. The van der Waals surface area contributed by atoms with Crippen LogP contribution >= 0.6 is 0 Å². The van der Waals surface area contributed by atoms with Crippen molar-refractivity contribution in [1.82, 2.24) is 14.7 Å². The molecule has 1 amide bonds. The highest BCUT2D eigenvalue weighted by atomic mass is 19.1. The van der Waals surface area contributed by atoms with Gasteiger partial charge in [0.2, 0.25) is 0 Å². The van der Waals surface area contributed by atoms with Crippen molar-refractivity contribution in [1.29, 1.82) is 0 Å². The Morgan fingerprint density at radius 1 is 1.03 bits per heavy atom. The highest BCUT2D eigenvalue weighted by molar-refractivity contribution is 5.94. The summed E-state index contributed by atoms with van der Waals surface area (Å²) in [6.07, 6.45) is 2.72. The van der Waals surface area contributed by atoms with E-state index in [0.29, 0.717) is 12.2 Å². The highest BCUT2D eigenvalue weighted by Crippen LogP contribution is 2.29. The van der Waals surface area contributed by atoms with Crippen molar-refractivity contribution in [2.24, 2.45) is 0 Å². The summed E-state index contributed by atoms with van der Waals surface area (Å²) >= 11 is 0. The smallest absolute Gasteiger partial charge is 0.274 e. The molecular formula is C25H27FN4O2. The van der Waals surface area contributed by atoms with Crippen molar-refractivity contribution >= 4 is 11.6 Å². The topological polar surface area (TPSA) is 50.6 Å². The quantitative estimate of drug-likeness (QED) is 0.616. The van der Waals surface area contributed by atoms with Gasteiger partial charge in [0, 0.05) is 43.6 Å². The number of benzene rings is 2. The summed E-state index contributed by atoms with van der Waals surface area (Å²) < 4.78 is 20.6. The van der Waals surface area contributed by atoms with E-state index in [1.54, 1.807) is 21.7 Å². The molecule has 32 heavy (non-hydrogen) atoms. The molecule has 1 fully saturated rings. The first-order chi connectivity index (χ1) is 15.6. The van der Waals surface area contributed by atoms with Crippen molar-refractivity contribution in [3.05, 3.63) is 76.9 Å². The molecule has 0 saturated carbocycles. The Hall–Kier alpha value is -3.19. The Morgan fingerprint density at radius 3 is 2.44 bits per heavy atom. The van der Waals surface area contributed by atoms with Gasteiger partial charge in [-0.2, -0.15) is 5.10 Å². The minimum atomic E-state index is -0.284. The number of anilines is 1. The summed E-state index contributed by atoms with van der Waals surface area (Å²) in [7, 11) is 1.82. The lowest BCUT2D eigenvalue weighted by Crippen LogP contribution is -2.36. The number of hydrogen-bond acceptors (Lipinski definition) is 4. The van der Waals surface area contributed by atoms with Gasteiger partial charge in [-0.05, 0) is 61.2 Å². The number of rotatable bonds is 5. The lowest BCUT2D eigenvalue weighted by Gasteiger charge is -2.29. The third-order valence-corrected chi connectivity index (χ3v) is 6.28. The molecule has 1 aromatic heterocycles. The van der Waals surface area contributed by atoms with Crippen molar-refractivity contribution < 1.29 is 13.9 Å². The van der Waals surface area contributed by atoms with Crippen molar-refractivity contribution in [2.45, 2.75) is 25.8 Å². The fourth-order valence-corrected chi connectivity index (χ4v) is 4.57. The Morgan fingerprint density at radius 2 is 1.72 bits per heavy atom. The first-order valence-corrected chi connectivity index (χ1v) is 11.1. The molecule has 0 bridgehead atoms. The Bertz CT molecular complexity index is 1100. The van der Waals surface area contributed by atoms with Gasteiger partial charge >= 0.3 is 0 Å². The normalized spacial score (nSPS) is 15.6. The van der Waals surface area contributed by atoms with Crippen LogP contribution in [0.4, 0.5) is 10.1 Å². The molecule has 6 nitrogen and oxygen atoms in total. The zero-order valence-electron chi connectivity index (χ0n) is 18.3. The van der Waals surface area contributed by atoms with Gasteiger partial charge in [-0.15, -0.1) is 0 Å². The average Bonchev–Trinajstić information content (AvgIpc) is 3.43. The summed E-state index contributed by atoms with van der Waals surface area (Å²) in [6, 6.07) is 14.6. The molecule has 0 spiro atoms. The number of fused-ring (bicyclic) bond motifs is 1. The zero-order valence-corrected chi connectivity index (χ0v) is 18.3. The van der Waals surface area contributed by atoms with E-state index in [2.05, 4.69) is 34.3 Å². The summed E-state index contributed by atoms with van der Waals surface area (Å²) in [5.41, 5.74) is 5.63. The zero-order chi connectivity index (χ0) is 22.1. The van der Waals surface area contributed by atoms with E-state index in [-0.39, 0.29) is 11.7 Å². The van der Waals surface area contributed by atoms with Gasteiger partial charge < -0.3 is 14.5 Å². The first kappa shape index (κ1) is 20.7. The van der Waals surface area contributed by atoms with Crippen LogP contribution in [-0.4, -0.2) is 53.9 Å². The van der Waals surface area contributed by atoms with Crippen LogP contribution in [0.25, 0.3) is 5.69 Å². The van der Waals surface area contributed by atoms with Crippen LogP contribution < -0.4 is 4.90 Å². The van der Waals surface area contributed by atoms with Crippen molar-refractivity contribution in [2.75, 3.05) is 38.3 Å². The predicted molar refractivity (Wildman–Crippen MR) is 121 cm³/mol. The molecule has 7 heteroatoms. The maximum atomic E-state index is 13.4. The van der Waals surface area contributed by atoms with Crippen LogP contribution in [0, 0.1) is 5.82 Å². The number of halogens is 1. The predicted octanol–water partition coefficient (Wildman–Crippen LogP) is 3.61. The number of carbonyl (C=O) groups excluding carboxylic acids is 1. The summed E-state index contributed by atoms with van der Waals surface area (Å²) in [5, 5.41) is 4.65. The second-order valence-corrected chi connectivity index (χ2v) is 8.44. The lowest BCUT2D eigenvalue weighted by molar-refractivity contribution is 0.0777. The molecule has 3 aromatic rings. The highest BCUT2D eigenvalue weighted by Gasteiger charge is 2.28. The van der Waals surface area contributed by atoms with Crippen molar-refractivity contribution in [3.8, 4) is 5.69 Å². The minimum absolute atomic E-state index is 0.0822. The minimum Gasteiger partial charge on any atom is -0.378 e. The van der Waals surface area contributed by atoms with E-state index in [1.807, 2.05) is 7.05 Å². The van der Waals surface area contributed by atoms with Crippen LogP contribution in [-0.2, 0) is 24.1 Å². The molecule has 1 aliphatic heterocycles. The van der Waals surface area contributed by atoms with Crippen molar-refractivity contribution in [3.63, 3.8) is 0 Å². The molecule has 0 unspecified atom stereocenters. The van der Waals surface area contributed by atoms with Gasteiger partial charge in [0.1, 0.15) is 5.82 Å². The fraction of sp³-hybridized carbons (Fsp3) is 0.360. The summed E-state index contributed by atoms with van der Waals surface area (Å²) in [6.45, 7) is 3.83.